The largest absolute Gasteiger partial charge is 0.378 e. The van der Waals surface area contributed by atoms with Crippen molar-refractivity contribution in [3.8, 4) is 0 Å². The molecule has 0 saturated heterocycles. The number of ether oxygens (including phenoxy) is 1. The number of nitrogens with one attached hydrogen (secondary N) is 1. The normalized spacial score (nSPS) is 10.6. The SMILES string of the molecule is CCc1ccc(NC(=O)c2sc(COC)nc2C)cc1. The Hall–Kier alpha value is -1.72. The molecule has 0 fully saturated rings. The van der Waals surface area contributed by atoms with Crippen molar-refractivity contribution in [2.24, 2.45) is 0 Å². The zero-order valence-electron chi connectivity index (χ0n) is 11.9. The van der Waals surface area contributed by atoms with Gasteiger partial charge in [-0.3, -0.25) is 4.79 Å². The number of anilines is 1. The van der Waals surface area contributed by atoms with Crippen LogP contribution in [0.1, 0.15) is 32.9 Å². The topological polar surface area (TPSA) is 51.2 Å². The van der Waals surface area contributed by atoms with Crippen LogP contribution in [-0.4, -0.2) is 18.0 Å². The Bertz CT molecular complexity index is 590. The quantitative estimate of drug-likeness (QED) is 0.918. The van der Waals surface area contributed by atoms with Gasteiger partial charge >= 0.3 is 0 Å². The lowest BCUT2D eigenvalue weighted by atomic mass is 10.1. The number of aryl methyl sites for hydroxylation is 2. The molecule has 2 aromatic rings. The third-order valence-electron chi connectivity index (χ3n) is 2.93. The molecule has 0 aliphatic carbocycles. The van der Waals surface area contributed by atoms with Crippen LogP contribution in [0.2, 0.25) is 0 Å². The van der Waals surface area contributed by atoms with Crippen LogP contribution < -0.4 is 5.32 Å². The molecule has 0 unspecified atom stereocenters. The second kappa shape index (κ2) is 6.63. The molecule has 0 saturated carbocycles. The zero-order valence-corrected chi connectivity index (χ0v) is 12.7. The number of thiazole rings is 1. The summed E-state index contributed by atoms with van der Waals surface area (Å²) in [5.74, 6) is -0.119. The van der Waals surface area contributed by atoms with Crippen LogP contribution in [0.3, 0.4) is 0 Å². The van der Waals surface area contributed by atoms with Gasteiger partial charge in [-0.1, -0.05) is 19.1 Å². The standard InChI is InChI=1S/C15H18N2O2S/c1-4-11-5-7-12(8-6-11)17-15(18)14-10(2)16-13(20-14)9-19-3/h5-8H,4,9H2,1-3H3,(H,17,18). The predicted octanol–water partition coefficient (Wildman–Crippen LogP) is 3.41. The number of nitrogens with zero attached hydrogens (tertiary/aromatic N) is 1. The number of carbonyl (C=O) groups is 1. The maximum Gasteiger partial charge on any atom is 0.267 e. The van der Waals surface area contributed by atoms with Gasteiger partial charge < -0.3 is 10.1 Å². The monoisotopic (exact) mass is 290 g/mol. The summed E-state index contributed by atoms with van der Waals surface area (Å²) >= 11 is 1.37. The fourth-order valence-corrected chi connectivity index (χ4v) is 2.79. The van der Waals surface area contributed by atoms with Crippen LogP contribution in [0.15, 0.2) is 24.3 Å². The fraction of sp³-hybridized carbons (Fsp3) is 0.333. The molecule has 1 amide bonds. The van der Waals surface area contributed by atoms with Gasteiger partial charge in [0.05, 0.1) is 12.3 Å². The molecular weight excluding hydrogens is 272 g/mol. The van der Waals surface area contributed by atoms with Gasteiger partial charge in [-0.2, -0.15) is 0 Å². The molecule has 1 aromatic heterocycles. The summed E-state index contributed by atoms with van der Waals surface area (Å²) in [6, 6.07) is 7.88. The molecule has 4 nitrogen and oxygen atoms in total. The summed E-state index contributed by atoms with van der Waals surface area (Å²) in [5, 5.41) is 3.71. The number of rotatable bonds is 5. The first-order valence-electron chi connectivity index (χ1n) is 6.49. The number of hydrogen-bond acceptors (Lipinski definition) is 4. The summed E-state index contributed by atoms with van der Waals surface area (Å²) in [6.45, 7) is 4.38. The summed E-state index contributed by atoms with van der Waals surface area (Å²) < 4.78 is 5.04. The van der Waals surface area contributed by atoms with Crippen molar-refractivity contribution < 1.29 is 9.53 Å². The summed E-state index contributed by atoms with van der Waals surface area (Å²) in [6.07, 6.45) is 0.989. The number of amides is 1. The maximum absolute atomic E-state index is 12.2. The van der Waals surface area contributed by atoms with Gasteiger partial charge in [-0.05, 0) is 31.0 Å². The highest BCUT2D eigenvalue weighted by Gasteiger charge is 2.15. The van der Waals surface area contributed by atoms with E-state index in [0.717, 1.165) is 22.8 Å². The second-order valence-electron chi connectivity index (χ2n) is 4.46. The Balaban J connectivity index is 2.10. The van der Waals surface area contributed by atoms with Crippen molar-refractivity contribution in [2.45, 2.75) is 26.9 Å². The first-order valence-corrected chi connectivity index (χ1v) is 7.31. The van der Waals surface area contributed by atoms with Crippen molar-refractivity contribution in [2.75, 3.05) is 12.4 Å². The van der Waals surface area contributed by atoms with E-state index < -0.39 is 0 Å². The van der Waals surface area contributed by atoms with E-state index in [1.807, 2.05) is 31.2 Å². The van der Waals surface area contributed by atoms with E-state index in [2.05, 4.69) is 17.2 Å². The average Bonchev–Trinajstić information content (AvgIpc) is 2.81. The van der Waals surface area contributed by atoms with E-state index in [4.69, 9.17) is 4.74 Å². The minimum atomic E-state index is -0.119. The first kappa shape index (κ1) is 14.7. The lowest BCUT2D eigenvalue weighted by Crippen LogP contribution is -2.11. The minimum absolute atomic E-state index is 0.119. The van der Waals surface area contributed by atoms with E-state index in [1.165, 1.54) is 16.9 Å². The molecule has 0 aliphatic rings. The van der Waals surface area contributed by atoms with Crippen LogP contribution in [0, 0.1) is 6.92 Å². The Labute approximate surface area is 122 Å². The fourth-order valence-electron chi connectivity index (χ4n) is 1.86. The third kappa shape index (κ3) is 3.43. The van der Waals surface area contributed by atoms with Crippen LogP contribution in [0.4, 0.5) is 5.69 Å². The minimum Gasteiger partial charge on any atom is -0.378 e. The lowest BCUT2D eigenvalue weighted by Gasteiger charge is -2.04. The molecule has 0 atom stereocenters. The molecule has 2 rings (SSSR count). The summed E-state index contributed by atoms with van der Waals surface area (Å²) in [5.41, 5.74) is 2.79. The molecule has 0 bridgehead atoms. The molecule has 0 radical (unpaired) electrons. The Morgan fingerprint density at radius 3 is 2.65 bits per heavy atom. The molecule has 5 heteroatoms. The van der Waals surface area contributed by atoms with E-state index in [9.17, 15) is 4.79 Å². The van der Waals surface area contributed by atoms with Crippen LogP contribution in [0.5, 0.6) is 0 Å². The molecule has 106 valence electrons. The predicted molar refractivity (Wildman–Crippen MR) is 81.3 cm³/mol. The van der Waals surface area contributed by atoms with E-state index >= 15 is 0 Å². The molecule has 0 aliphatic heterocycles. The van der Waals surface area contributed by atoms with Crippen LogP contribution >= 0.6 is 11.3 Å². The third-order valence-corrected chi connectivity index (χ3v) is 4.06. The number of methoxy groups -OCH3 is 1. The van der Waals surface area contributed by atoms with E-state index in [-0.39, 0.29) is 5.91 Å². The van der Waals surface area contributed by atoms with Crippen molar-refractivity contribution in [3.63, 3.8) is 0 Å². The molecular formula is C15H18N2O2S. The number of hydrogen-bond donors (Lipinski definition) is 1. The highest BCUT2D eigenvalue weighted by molar-refractivity contribution is 7.13. The van der Waals surface area contributed by atoms with Gasteiger partial charge in [0.15, 0.2) is 0 Å². The average molecular weight is 290 g/mol. The van der Waals surface area contributed by atoms with Crippen molar-refractivity contribution in [3.05, 3.63) is 45.4 Å². The highest BCUT2D eigenvalue weighted by Crippen LogP contribution is 2.20. The van der Waals surface area contributed by atoms with Gasteiger partial charge in [0.2, 0.25) is 0 Å². The van der Waals surface area contributed by atoms with Gasteiger partial charge in [-0.15, -0.1) is 11.3 Å². The lowest BCUT2D eigenvalue weighted by molar-refractivity contribution is 0.103. The molecule has 1 heterocycles. The highest BCUT2D eigenvalue weighted by atomic mass is 32.1. The zero-order chi connectivity index (χ0) is 14.5. The summed E-state index contributed by atoms with van der Waals surface area (Å²) in [7, 11) is 1.62. The molecule has 20 heavy (non-hydrogen) atoms. The smallest absolute Gasteiger partial charge is 0.267 e. The van der Waals surface area contributed by atoms with Crippen LogP contribution in [0.25, 0.3) is 0 Å². The van der Waals surface area contributed by atoms with Gasteiger partial charge in [0, 0.05) is 12.8 Å². The van der Waals surface area contributed by atoms with Crippen molar-refractivity contribution in [1.29, 1.82) is 0 Å². The first-order chi connectivity index (χ1) is 9.63. The van der Waals surface area contributed by atoms with Crippen molar-refractivity contribution in [1.82, 2.24) is 4.98 Å². The van der Waals surface area contributed by atoms with Crippen LogP contribution in [-0.2, 0) is 17.8 Å². The maximum atomic E-state index is 12.2. The Kier molecular flexibility index (Phi) is 4.87. The Morgan fingerprint density at radius 2 is 2.05 bits per heavy atom. The van der Waals surface area contributed by atoms with E-state index in [0.29, 0.717) is 11.5 Å². The number of carbonyl (C=O) groups excluding carboxylic acids is 1. The van der Waals surface area contributed by atoms with Gasteiger partial charge in [-0.25, -0.2) is 4.98 Å². The molecule has 1 N–H and O–H groups in total. The second-order valence-corrected chi connectivity index (χ2v) is 5.54. The summed E-state index contributed by atoms with van der Waals surface area (Å²) in [4.78, 5) is 17.2. The number of aromatic nitrogens is 1. The van der Waals surface area contributed by atoms with Gasteiger partial charge in [0.25, 0.3) is 5.91 Å². The molecule has 0 spiro atoms. The van der Waals surface area contributed by atoms with Gasteiger partial charge in [0.1, 0.15) is 9.88 Å². The molecule has 1 aromatic carbocycles. The number of benzene rings is 1. The Morgan fingerprint density at radius 1 is 1.35 bits per heavy atom. The van der Waals surface area contributed by atoms with Crippen molar-refractivity contribution >= 4 is 22.9 Å². The van der Waals surface area contributed by atoms with E-state index in [1.54, 1.807) is 7.11 Å².